The Kier molecular flexibility index (Phi) is 3.07. The van der Waals surface area contributed by atoms with Gasteiger partial charge in [0.1, 0.15) is 10.5 Å². The first-order valence-corrected chi connectivity index (χ1v) is 5.79. The fraction of sp³-hybridized carbons (Fsp3) is 0.333. The highest BCUT2D eigenvalue weighted by Crippen LogP contribution is 2.13. The molecule has 4 heteroatoms. The zero-order valence-electron chi connectivity index (χ0n) is 6.08. The highest BCUT2D eigenvalue weighted by molar-refractivity contribution is 6.55. The summed E-state index contributed by atoms with van der Waals surface area (Å²) in [6.45, 7) is 0. The summed E-state index contributed by atoms with van der Waals surface area (Å²) in [6, 6.07) is 0. The summed E-state index contributed by atoms with van der Waals surface area (Å²) in [5.41, 5.74) is 0. The molecule has 0 aromatic carbocycles. The Morgan fingerprint density at radius 3 is 3.00 bits per heavy atom. The monoisotopic (exact) mass is 172 g/mol. The minimum atomic E-state index is -1.89. The molecule has 1 aliphatic rings. The molecule has 0 fully saturated rings. The van der Waals surface area contributed by atoms with Gasteiger partial charge in [0.25, 0.3) is 0 Å². The van der Waals surface area contributed by atoms with Crippen molar-refractivity contribution in [2.45, 2.75) is 12.8 Å². The van der Waals surface area contributed by atoms with Gasteiger partial charge in [-0.15, -0.1) is 0 Å². The molecule has 1 aliphatic carbocycles. The molecule has 0 heterocycles. The summed E-state index contributed by atoms with van der Waals surface area (Å²) in [5.74, 6) is 0. The van der Waals surface area contributed by atoms with Gasteiger partial charge < -0.3 is 8.91 Å². The van der Waals surface area contributed by atoms with Crippen molar-refractivity contribution in [2.75, 3.05) is 0 Å². The van der Waals surface area contributed by atoms with Gasteiger partial charge in [0, 0.05) is 0 Å². The second kappa shape index (κ2) is 3.87. The Morgan fingerprint density at radius 1 is 1.70 bits per heavy atom. The quantitative estimate of drug-likeness (QED) is 0.559. The lowest BCUT2D eigenvalue weighted by Crippen LogP contribution is -2.20. The van der Waals surface area contributed by atoms with Gasteiger partial charge in [0.2, 0.25) is 0 Å². The van der Waals surface area contributed by atoms with Crippen LogP contribution in [0.4, 0.5) is 0 Å². The number of rotatable bonds is 2. The molecule has 0 saturated heterocycles. The number of allylic oxidation sites excluding steroid dienone is 4. The maximum Gasteiger partial charge on any atom is 0.338 e. The molecular formula is C6H12O2Si2. The van der Waals surface area contributed by atoms with E-state index in [1.54, 1.807) is 0 Å². The van der Waals surface area contributed by atoms with Crippen molar-refractivity contribution < 1.29 is 8.91 Å². The van der Waals surface area contributed by atoms with E-state index in [2.05, 4.69) is 6.08 Å². The average Bonchev–Trinajstić information content (AvgIpc) is 2.05. The molecule has 1 rings (SSSR count). The van der Waals surface area contributed by atoms with Crippen LogP contribution in [-0.2, 0) is 4.12 Å². The fourth-order valence-corrected chi connectivity index (χ4v) is 2.88. The van der Waals surface area contributed by atoms with Crippen LogP contribution in [0.1, 0.15) is 12.8 Å². The lowest BCUT2D eigenvalue weighted by Gasteiger charge is -2.11. The summed E-state index contributed by atoms with van der Waals surface area (Å²) in [6.07, 6.45) is 8.14. The van der Waals surface area contributed by atoms with Gasteiger partial charge in [-0.2, -0.15) is 0 Å². The third-order valence-corrected chi connectivity index (χ3v) is 4.49. The van der Waals surface area contributed by atoms with E-state index in [4.69, 9.17) is 4.12 Å². The predicted octanol–water partition coefficient (Wildman–Crippen LogP) is -0.688. The number of hydrogen-bond donors (Lipinski definition) is 1. The van der Waals surface area contributed by atoms with Gasteiger partial charge in [-0.3, -0.25) is 0 Å². The van der Waals surface area contributed by atoms with Crippen molar-refractivity contribution in [3.8, 4) is 0 Å². The molecular weight excluding hydrogens is 160 g/mol. The summed E-state index contributed by atoms with van der Waals surface area (Å²) in [7, 11) is -1.24. The van der Waals surface area contributed by atoms with Crippen molar-refractivity contribution in [3.63, 3.8) is 0 Å². The second-order valence-corrected chi connectivity index (χ2v) is 5.63. The standard InChI is InChI=1S/C6H12O2Si2/c7-10(8-9)6-4-2-1-3-5-6/h1-2,4,7,10H,3,5H2,9H3. The molecule has 0 bridgehead atoms. The second-order valence-electron chi connectivity index (χ2n) is 2.30. The zero-order chi connectivity index (χ0) is 7.40. The van der Waals surface area contributed by atoms with E-state index in [0.717, 1.165) is 18.0 Å². The zero-order valence-corrected chi connectivity index (χ0v) is 9.23. The molecule has 56 valence electrons. The SMILES string of the molecule is O[SiH](O[SiH3])C1=CC=CCC1. The van der Waals surface area contributed by atoms with E-state index in [9.17, 15) is 4.80 Å². The van der Waals surface area contributed by atoms with E-state index >= 15 is 0 Å². The van der Waals surface area contributed by atoms with Gasteiger partial charge in [-0.05, 0) is 18.0 Å². The first kappa shape index (κ1) is 7.94. The number of hydrogen-bond acceptors (Lipinski definition) is 2. The Labute approximate surface area is 65.6 Å². The lowest BCUT2D eigenvalue weighted by molar-refractivity contribution is 0.446. The molecule has 10 heavy (non-hydrogen) atoms. The molecule has 0 aliphatic heterocycles. The Morgan fingerprint density at radius 2 is 2.50 bits per heavy atom. The molecule has 0 aromatic heterocycles. The molecule has 1 N–H and O–H groups in total. The molecule has 0 spiro atoms. The predicted molar refractivity (Wildman–Crippen MR) is 46.8 cm³/mol. The highest BCUT2D eigenvalue weighted by Gasteiger charge is 2.12. The average molecular weight is 172 g/mol. The molecule has 2 nitrogen and oxygen atoms in total. The van der Waals surface area contributed by atoms with Crippen LogP contribution in [0.5, 0.6) is 0 Å². The van der Waals surface area contributed by atoms with Gasteiger partial charge in [-0.25, -0.2) is 0 Å². The summed E-state index contributed by atoms with van der Waals surface area (Å²) < 4.78 is 5.02. The fourth-order valence-electron chi connectivity index (χ4n) is 0.978. The van der Waals surface area contributed by atoms with Crippen molar-refractivity contribution in [2.24, 2.45) is 0 Å². The maximum absolute atomic E-state index is 9.33. The Hall–Kier alpha value is -0.166. The van der Waals surface area contributed by atoms with Crippen LogP contribution in [0.25, 0.3) is 0 Å². The van der Waals surface area contributed by atoms with E-state index in [1.807, 2.05) is 12.2 Å². The molecule has 0 saturated carbocycles. The molecule has 0 aromatic rings. The van der Waals surface area contributed by atoms with Crippen LogP contribution in [0.15, 0.2) is 23.4 Å². The normalized spacial score (nSPS) is 20.7. The van der Waals surface area contributed by atoms with Crippen LogP contribution < -0.4 is 0 Å². The topological polar surface area (TPSA) is 29.5 Å². The molecule has 1 unspecified atom stereocenters. The van der Waals surface area contributed by atoms with Crippen LogP contribution in [0.3, 0.4) is 0 Å². The summed E-state index contributed by atoms with van der Waals surface area (Å²) >= 11 is 0. The van der Waals surface area contributed by atoms with Crippen molar-refractivity contribution in [1.29, 1.82) is 0 Å². The first-order chi connectivity index (χ1) is 4.84. The minimum absolute atomic E-state index is 0.653. The van der Waals surface area contributed by atoms with Crippen LogP contribution >= 0.6 is 0 Å². The third kappa shape index (κ3) is 1.91. The Balaban J connectivity index is 2.53. The van der Waals surface area contributed by atoms with E-state index in [0.29, 0.717) is 10.5 Å². The van der Waals surface area contributed by atoms with E-state index in [1.165, 1.54) is 0 Å². The molecule has 0 amide bonds. The molecule has 1 atom stereocenters. The van der Waals surface area contributed by atoms with E-state index in [-0.39, 0.29) is 0 Å². The van der Waals surface area contributed by atoms with Gasteiger partial charge in [0.05, 0.1) is 0 Å². The van der Waals surface area contributed by atoms with Crippen molar-refractivity contribution in [1.82, 2.24) is 0 Å². The largest absolute Gasteiger partial charge is 0.444 e. The van der Waals surface area contributed by atoms with Crippen LogP contribution in [-0.4, -0.2) is 24.6 Å². The maximum atomic E-state index is 9.33. The smallest absolute Gasteiger partial charge is 0.338 e. The Bertz CT molecular complexity index is 165. The van der Waals surface area contributed by atoms with Gasteiger partial charge in [-0.1, -0.05) is 18.2 Å². The summed E-state index contributed by atoms with van der Waals surface area (Å²) in [4.78, 5) is 9.33. The van der Waals surface area contributed by atoms with Crippen molar-refractivity contribution >= 4 is 19.8 Å². The lowest BCUT2D eigenvalue weighted by atomic mass is 10.2. The van der Waals surface area contributed by atoms with Crippen LogP contribution in [0, 0.1) is 0 Å². The van der Waals surface area contributed by atoms with Gasteiger partial charge in [0.15, 0.2) is 0 Å². The third-order valence-electron chi connectivity index (χ3n) is 1.59. The van der Waals surface area contributed by atoms with Crippen molar-refractivity contribution in [3.05, 3.63) is 23.4 Å². The first-order valence-electron chi connectivity index (χ1n) is 3.41. The van der Waals surface area contributed by atoms with Crippen LogP contribution in [0.2, 0.25) is 0 Å². The van der Waals surface area contributed by atoms with Gasteiger partial charge >= 0.3 is 9.28 Å². The molecule has 0 radical (unpaired) electrons. The highest BCUT2D eigenvalue weighted by atomic mass is 28.3. The van der Waals surface area contributed by atoms with E-state index < -0.39 is 9.28 Å². The minimum Gasteiger partial charge on any atom is -0.444 e. The summed E-state index contributed by atoms with van der Waals surface area (Å²) in [5, 5.41) is 1.14.